The van der Waals surface area contributed by atoms with Crippen molar-refractivity contribution in [1.29, 1.82) is 0 Å². The molecule has 3 heterocycles. The molecule has 2 fully saturated rings. The fraction of sp³-hybridized carbons (Fsp3) is 0.450. The maximum absolute atomic E-state index is 12.6. The standard InChI is InChI=1S/C20H24N2O3/c23-20(10-16-4-2-1-3-5-16)22-13-18-12-21(7-9-25-19(18)14-22)11-17-6-8-24-15-17/h1-6,8,15,18-19H,7,9-14H2/t18-,19+/m0/s1. The quantitative estimate of drug-likeness (QED) is 0.856. The van der Waals surface area contributed by atoms with E-state index < -0.39 is 0 Å². The van der Waals surface area contributed by atoms with Crippen LogP contribution >= 0.6 is 0 Å². The summed E-state index contributed by atoms with van der Waals surface area (Å²) in [6, 6.07) is 12.0. The second kappa shape index (κ2) is 7.42. The van der Waals surface area contributed by atoms with Crippen molar-refractivity contribution in [2.45, 2.75) is 19.1 Å². The smallest absolute Gasteiger partial charge is 0.227 e. The monoisotopic (exact) mass is 340 g/mol. The van der Waals surface area contributed by atoms with Gasteiger partial charge in [-0.15, -0.1) is 0 Å². The Balaban J connectivity index is 1.36. The molecule has 2 saturated heterocycles. The van der Waals surface area contributed by atoms with Crippen molar-refractivity contribution in [1.82, 2.24) is 9.80 Å². The van der Waals surface area contributed by atoms with Gasteiger partial charge in [-0.2, -0.15) is 0 Å². The molecule has 4 rings (SSSR count). The molecule has 2 aliphatic rings. The maximum atomic E-state index is 12.6. The molecule has 0 saturated carbocycles. The normalized spacial score (nSPS) is 24.1. The number of rotatable bonds is 4. The molecule has 2 atom stereocenters. The number of hydrogen-bond acceptors (Lipinski definition) is 4. The summed E-state index contributed by atoms with van der Waals surface area (Å²) in [6.07, 6.45) is 4.15. The first-order valence-corrected chi connectivity index (χ1v) is 8.94. The number of hydrogen-bond donors (Lipinski definition) is 0. The molecule has 1 amide bonds. The minimum atomic E-state index is 0.161. The molecule has 0 radical (unpaired) electrons. The second-order valence-electron chi connectivity index (χ2n) is 7.00. The van der Waals surface area contributed by atoms with E-state index in [0.29, 0.717) is 12.3 Å². The van der Waals surface area contributed by atoms with Crippen LogP contribution < -0.4 is 0 Å². The summed E-state index contributed by atoms with van der Waals surface area (Å²) >= 11 is 0. The van der Waals surface area contributed by atoms with Crippen LogP contribution in [0.5, 0.6) is 0 Å². The largest absolute Gasteiger partial charge is 0.472 e. The molecule has 0 aliphatic carbocycles. The number of carbonyl (C=O) groups excluding carboxylic acids is 1. The maximum Gasteiger partial charge on any atom is 0.227 e. The van der Waals surface area contributed by atoms with Gasteiger partial charge < -0.3 is 14.1 Å². The van der Waals surface area contributed by atoms with E-state index >= 15 is 0 Å². The highest BCUT2D eigenvalue weighted by Gasteiger charge is 2.38. The third-order valence-electron chi connectivity index (χ3n) is 5.15. The molecular formula is C20H24N2O3. The van der Waals surface area contributed by atoms with Crippen LogP contribution in [0.2, 0.25) is 0 Å². The number of carbonyl (C=O) groups is 1. The topological polar surface area (TPSA) is 45.9 Å². The lowest BCUT2D eigenvalue weighted by Crippen LogP contribution is -2.34. The van der Waals surface area contributed by atoms with Gasteiger partial charge in [0.15, 0.2) is 0 Å². The van der Waals surface area contributed by atoms with Gasteiger partial charge >= 0.3 is 0 Å². The Bertz CT molecular complexity index is 686. The zero-order valence-corrected chi connectivity index (χ0v) is 14.3. The lowest BCUT2D eigenvalue weighted by atomic mass is 10.1. The van der Waals surface area contributed by atoms with E-state index in [1.54, 1.807) is 12.5 Å². The van der Waals surface area contributed by atoms with E-state index in [4.69, 9.17) is 9.15 Å². The molecule has 2 aliphatic heterocycles. The molecule has 0 N–H and O–H groups in total. The van der Waals surface area contributed by atoms with Crippen LogP contribution in [0.3, 0.4) is 0 Å². The van der Waals surface area contributed by atoms with Gasteiger partial charge in [-0.1, -0.05) is 30.3 Å². The van der Waals surface area contributed by atoms with Crippen molar-refractivity contribution >= 4 is 5.91 Å². The van der Waals surface area contributed by atoms with Crippen molar-refractivity contribution in [3.8, 4) is 0 Å². The third kappa shape index (κ3) is 3.94. The Labute approximate surface area is 148 Å². The van der Waals surface area contributed by atoms with Crippen molar-refractivity contribution < 1.29 is 13.9 Å². The first kappa shape index (κ1) is 16.4. The van der Waals surface area contributed by atoms with Gasteiger partial charge in [0.2, 0.25) is 5.91 Å². The average Bonchev–Trinajstić information content (AvgIpc) is 3.22. The molecule has 5 nitrogen and oxygen atoms in total. The van der Waals surface area contributed by atoms with Gasteiger partial charge in [-0.25, -0.2) is 0 Å². The van der Waals surface area contributed by atoms with Gasteiger partial charge in [0.05, 0.1) is 31.7 Å². The summed E-state index contributed by atoms with van der Waals surface area (Å²) in [5.41, 5.74) is 2.26. The van der Waals surface area contributed by atoms with Crippen LogP contribution in [0, 0.1) is 5.92 Å². The molecule has 1 aromatic carbocycles. The Kier molecular flexibility index (Phi) is 4.85. The Morgan fingerprint density at radius 2 is 1.96 bits per heavy atom. The van der Waals surface area contributed by atoms with Crippen LogP contribution in [0.1, 0.15) is 11.1 Å². The molecule has 0 bridgehead atoms. The Hall–Kier alpha value is -2.11. The number of benzene rings is 1. The SMILES string of the molecule is O=C(Cc1ccccc1)N1C[C@@H]2CN(Cc3ccoc3)CCO[C@@H]2C1. The number of ether oxygens (including phenoxy) is 1. The highest BCUT2D eigenvalue weighted by molar-refractivity contribution is 5.79. The third-order valence-corrected chi connectivity index (χ3v) is 5.15. The molecule has 0 spiro atoms. The molecular weight excluding hydrogens is 316 g/mol. The number of likely N-dealkylation sites (tertiary alicyclic amines) is 1. The van der Waals surface area contributed by atoms with E-state index in [0.717, 1.165) is 44.9 Å². The Morgan fingerprint density at radius 3 is 2.76 bits per heavy atom. The highest BCUT2D eigenvalue weighted by Crippen LogP contribution is 2.25. The summed E-state index contributed by atoms with van der Waals surface area (Å²) in [7, 11) is 0. The van der Waals surface area contributed by atoms with E-state index in [9.17, 15) is 4.79 Å². The fourth-order valence-electron chi connectivity index (χ4n) is 3.83. The second-order valence-corrected chi connectivity index (χ2v) is 7.00. The number of nitrogens with zero attached hydrogens (tertiary/aromatic N) is 2. The van der Waals surface area contributed by atoms with E-state index in [1.807, 2.05) is 41.3 Å². The predicted molar refractivity (Wildman–Crippen MR) is 93.9 cm³/mol. The zero-order chi connectivity index (χ0) is 17.1. The predicted octanol–water partition coefficient (Wildman–Crippen LogP) is 2.18. The van der Waals surface area contributed by atoms with E-state index in [-0.39, 0.29) is 12.0 Å². The van der Waals surface area contributed by atoms with Gasteiger partial charge in [-0.3, -0.25) is 9.69 Å². The van der Waals surface area contributed by atoms with Crippen LogP contribution in [0.25, 0.3) is 0 Å². The summed E-state index contributed by atoms with van der Waals surface area (Å²) in [6.45, 7) is 5.00. The van der Waals surface area contributed by atoms with Crippen LogP contribution in [0.4, 0.5) is 0 Å². The first-order valence-electron chi connectivity index (χ1n) is 8.94. The van der Waals surface area contributed by atoms with Gasteiger partial charge in [-0.05, 0) is 11.6 Å². The molecule has 1 aromatic heterocycles. The van der Waals surface area contributed by atoms with Crippen molar-refractivity contribution in [3.05, 3.63) is 60.1 Å². The van der Waals surface area contributed by atoms with Crippen LogP contribution in [-0.2, 0) is 22.5 Å². The van der Waals surface area contributed by atoms with Crippen molar-refractivity contribution in [2.24, 2.45) is 5.92 Å². The van der Waals surface area contributed by atoms with E-state index in [2.05, 4.69) is 4.90 Å². The van der Waals surface area contributed by atoms with Crippen LogP contribution in [0.15, 0.2) is 53.3 Å². The van der Waals surface area contributed by atoms with E-state index in [1.165, 1.54) is 5.56 Å². The molecule has 2 aromatic rings. The zero-order valence-electron chi connectivity index (χ0n) is 14.3. The summed E-state index contributed by atoms with van der Waals surface area (Å²) in [4.78, 5) is 17.0. The number of amides is 1. The highest BCUT2D eigenvalue weighted by atomic mass is 16.5. The summed E-state index contributed by atoms with van der Waals surface area (Å²) in [5.74, 6) is 0.582. The molecule has 5 heteroatoms. The fourth-order valence-corrected chi connectivity index (χ4v) is 3.83. The minimum absolute atomic E-state index is 0.161. The molecule has 0 unspecified atom stereocenters. The minimum Gasteiger partial charge on any atom is -0.472 e. The van der Waals surface area contributed by atoms with Gasteiger partial charge in [0.1, 0.15) is 0 Å². The molecule has 132 valence electrons. The Morgan fingerprint density at radius 1 is 1.08 bits per heavy atom. The van der Waals surface area contributed by atoms with Crippen molar-refractivity contribution in [2.75, 3.05) is 32.8 Å². The first-order chi connectivity index (χ1) is 12.3. The lowest BCUT2D eigenvalue weighted by molar-refractivity contribution is -0.130. The summed E-state index contributed by atoms with van der Waals surface area (Å²) in [5, 5.41) is 0. The number of furan rings is 1. The summed E-state index contributed by atoms with van der Waals surface area (Å²) < 4.78 is 11.2. The van der Waals surface area contributed by atoms with Crippen molar-refractivity contribution in [3.63, 3.8) is 0 Å². The average molecular weight is 340 g/mol. The van der Waals surface area contributed by atoms with Gasteiger partial charge in [0, 0.05) is 44.2 Å². The van der Waals surface area contributed by atoms with Gasteiger partial charge in [0.25, 0.3) is 0 Å². The molecule has 25 heavy (non-hydrogen) atoms. The number of fused-ring (bicyclic) bond motifs is 1. The lowest BCUT2D eigenvalue weighted by Gasteiger charge is -2.22. The van der Waals surface area contributed by atoms with Crippen LogP contribution in [-0.4, -0.2) is 54.6 Å².